The Balaban J connectivity index is 0.000000680. The van der Waals surface area contributed by atoms with Gasteiger partial charge in [0, 0.05) is 31.0 Å². The highest BCUT2D eigenvalue weighted by molar-refractivity contribution is 7.85. The monoisotopic (exact) mass is 685 g/mol. The Morgan fingerprint density at radius 3 is 1.88 bits per heavy atom. The van der Waals surface area contributed by atoms with Gasteiger partial charge in [0.25, 0.3) is 10.1 Å². The molecule has 0 radical (unpaired) electrons. The SMILES string of the molecule is CCCCCCCCCCCCCCCCN1CC=C(CCO)C=C1c1ccc(C(=O)O)cc1C(=O)OC.O=S(=O)(O)c1ccccc1. The number of unbranched alkanes of at least 4 members (excludes halogenated alkanes) is 13. The van der Waals surface area contributed by atoms with Crippen LogP contribution in [0.1, 0.15) is 130 Å². The van der Waals surface area contributed by atoms with Crippen molar-refractivity contribution in [3.8, 4) is 0 Å². The number of nitrogens with zero attached hydrogens (tertiary/aromatic N) is 1. The van der Waals surface area contributed by atoms with Gasteiger partial charge in [-0.05, 0) is 48.8 Å². The number of ether oxygens (including phenoxy) is 1. The van der Waals surface area contributed by atoms with Gasteiger partial charge in [-0.15, -0.1) is 0 Å². The molecule has 48 heavy (non-hydrogen) atoms. The van der Waals surface area contributed by atoms with Crippen molar-refractivity contribution < 1.29 is 37.5 Å². The van der Waals surface area contributed by atoms with Crippen LogP contribution in [-0.4, -0.2) is 66.8 Å². The Bertz CT molecular complexity index is 1420. The van der Waals surface area contributed by atoms with E-state index in [1.807, 2.05) is 6.08 Å². The van der Waals surface area contributed by atoms with Gasteiger partial charge in [0.2, 0.25) is 0 Å². The van der Waals surface area contributed by atoms with E-state index in [-0.39, 0.29) is 22.6 Å². The fraction of sp³-hybridized carbons (Fsp3) is 0.526. The van der Waals surface area contributed by atoms with Gasteiger partial charge in [0.1, 0.15) is 0 Å². The van der Waals surface area contributed by atoms with E-state index in [0.29, 0.717) is 18.5 Å². The Morgan fingerprint density at radius 1 is 0.833 bits per heavy atom. The summed E-state index contributed by atoms with van der Waals surface area (Å²) < 4.78 is 34.2. The molecule has 3 N–H and O–H groups in total. The van der Waals surface area contributed by atoms with Crippen LogP contribution in [0.3, 0.4) is 0 Å². The lowest BCUT2D eigenvalue weighted by atomic mass is 9.96. The predicted octanol–water partition coefficient (Wildman–Crippen LogP) is 8.55. The number of aliphatic hydroxyl groups is 1. The lowest BCUT2D eigenvalue weighted by Gasteiger charge is -2.31. The number of carboxylic acids is 1. The number of benzene rings is 2. The lowest BCUT2D eigenvalue weighted by molar-refractivity contribution is 0.0600. The van der Waals surface area contributed by atoms with Crippen LogP contribution in [0.25, 0.3) is 5.70 Å². The topological polar surface area (TPSA) is 141 Å². The third kappa shape index (κ3) is 15.2. The molecule has 1 aliphatic heterocycles. The highest BCUT2D eigenvalue weighted by atomic mass is 32.2. The van der Waals surface area contributed by atoms with Gasteiger partial charge in [0.15, 0.2) is 0 Å². The number of hydrogen-bond donors (Lipinski definition) is 3. The third-order valence-corrected chi connectivity index (χ3v) is 9.28. The Labute approximate surface area is 287 Å². The van der Waals surface area contributed by atoms with E-state index in [9.17, 15) is 28.2 Å². The number of esters is 1. The Kier molecular flexibility index (Phi) is 19.5. The molecule has 0 fully saturated rings. The maximum Gasteiger partial charge on any atom is 0.338 e. The van der Waals surface area contributed by atoms with Gasteiger partial charge in [-0.3, -0.25) is 4.55 Å². The molecule has 0 saturated carbocycles. The zero-order valence-corrected chi connectivity index (χ0v) is 29.6. The van der Waals surface area contributed by atoms with Gasteiger partial charge in [-0.25, -0.2) is 9.59 Å². The maximum atomic E-state index is 12.5. The van der Waals surface area contributed by atoms with Crippen molar-refractivity contribution >= 4 is 27.8 Å². The summed E-state index contributed by atoms with van der Waals surface area (Å²) in [6.07, 6.45) is 23.1. The molecule has 10 heteroatoms. The largest absolute Gasteiger partial charge is 0.478 e. The predicted molar refractivity (Wildman–Crippen MR) is 191 cm³/mol. The first-order valence-corrected chi connectivity index (χ1v) is 18.8. The van der Waals surface area contributed by atoms with Crippen LogP contribution in [0.5, 0.6) is 0 Å². The lowest BCUT2D eigenvalue weighted by Crippen LogP contribution is -2.27. The normalized spacial score (nSPS) is 12.9. The number of rotatable bonds is 21. The fourth-order valence-corrected chi connectivity index (χ4v) is 6.19. The first-order valence-electron chi connectivity index (χ1n) is 17.4. The first-order chi connectivity index (χ1) is 23.1. The number of carboxylic acid groups (broad SMARTS) is 1. The summed E-state index contributed by atoms with van der Waals surface area (Å²) in [5.41, 5.74) is 2.85. The molecule has 0 spiro atoms. The van der Waals surface area contributed by atoms with Crippen molar-refractivity contribution in [2.75, 3.05) is 26.8 Å². The van der Waals surface area contributed by atoms with Crippen molar-refractivity contribution in [1.29, 1.82) is 0 Å². The number of carbonyl (C=O) groups is 2. The molecule has 0 amide bonds. The van der Waals surface area contributed by atoms with E-state index in [1.165, 1.54) is 108 Å². The number of carbonyl (C=O) groups excluding carboxylic acids is 1. The van der Waals surface area contributed by atoms with Crippen molar-refractivity contribution in [2.45, 2.75) is 108 Å². The molecule has 0 unspecified atom stereocenters. The van der Waals surface area contributed by atoms with E-state index in [1.54, 1.807) is 24.3 Å². The average molecular weight is 686 g/mol. The van der Waals surface area contributed by atoms with Crippen molar-refractivity contribution in [3.05, 3.63) is 82.9 Å². The van der Waals surface area contributed by atoms with E-state index in [0.717, 1.165) is 30.7 Å². The number of aromatic carboxylic acids is 1. The van der Waals surface area contributed by atoms with Crippen molar-refractivity contribution in [2.24, 2.45) is 0 Å². The van der Waals surface area contributed by atoms with Gasteiger partial charge < -0.3 is 19.8 Å². The highest BCUT2D eigenvalue weighted by Crippen LogP contribution is 2.30. The molecule has 9 nitrogen and oxygen atoms in total. The molecule has 0 aliphatic carbocycles. The molecule has 1 heterocycles. The Morgan fingerprint density at radius 2 is 1.40 bits per heavy atom. The van der Waals surface area contributed by atoms with Crippen molar-refractivity contribution in [1.82, 2.24) is 4.90 Å². The summed E-state index contributed by atoms with van der Waals surface area (Å²) in [7, 11) is -2.70. The molecular weight excluding hydrogens is 630 g/mol. The molecule has 3 rings (SSSR count). The molecule has 2 aromatic rings. The van der Waals surface area contributed by atoms with Gasteiger partial charge in [-0.1, -0.05) is 121 Å². The van der Waals surface area contributed by atoms with E-state index in [4.69, 9.17) is 9.29 Å². The first kappa shape index (κ1) is 40.7. The van der Waals surface area contributed by atoms with Crippen LogP contribution in [0.15, 0.2) is 71.2 Å². The quantitative estimate of drug-likeness (QED) is 0.0669. The summed E-state index contributed by atoms with van der Waals surface area (Å²) in [6.45, 7) is 3.87. The zero-order chi connectivity index (χ0) is 35.2. The molecule has 0 saturated heterocycles. The molecule has 0 aromatic heterocycles. The molecule has 0 bridgehead atoms. The number of allylic oxidation sites excluding steroid dienone is 1. The maximum absolute atomic E-state index is 12.5. The third-order valence-electron chi connectivity index (χ3n) is 8.41. The Hall–Kier alpha value is -3.47. The van der Waals surface area contributed by atoms with Crippen LogP contribution in [0, 0.1) is 0 Å². The molecular formula is C38H55NO8S. The zero-order valence-electron chi connectivity index (χ0n) is 28.7. The number of methoxy groups -OCH3 is 1. The minimum Gasteiger partial charge on any atom is -0.478 e. The summed E-state index contributed by atoms with van der Waals surface area (Å²) in [5.74, 6) is -1.64. The second-order valence-electron chi connectivity index (χ2n) is 12.2. The molecule has 266 valence electrons. The van der Waals surface area contributed by atoms with Gasteiger partial charge in [0.05, 0.1) is 23.1 Å². The molecule has 1 aliphatic rings. The van der Waals surface area contributed by atoms with Crippen LogP contribution < -0.4 is 0 Å². The van der Waals surface area contributed by atoms with E-state index < -0.39 is 22.1 Å². The summed E-state index contributed by atoms with van der Waals surface area (Å²) in [5, 5.41) is 18.9. The summed E-state index contributed by atoms with van der Waals surface area (Å²) in [6, 6.07) is 12.0. The van der Waals surface area contributed by atoms with Gasteiger partial charge in [-0.2, -0.15) is 8.42 Å². The highest BCUT2D eigenvalue weighted by Gasteiger charge is 2.23. The minimum absolute atomic E-state index is 0.0511. The summed E-state index contributed by atoms with van der Waals surface area (Å²) in [4.78, 5) is 26.2. The van der Waals surface area contributed by atoms with Crippen LogP contribution >= 0.6 is 0 Å². The summed E-state index contributed by atoms with van der Waals surface area (Å²) >= 11 is 0. The van der Waals surface area contributed by atoms with Crippen LogP contribution in [0.4, 0.5) is 0 Å². The van der Waals surface area contributed by atoms with Gasteiger partial charge >= 0.3 is 11.9 Å². The van der Waals surface area contributed by atoms with E-state index in [2.05, 4.69) is 17.9 Å². The van der Waals surface area contributed by atoms with E-state index >= 15 is 0 Å². The van der Waals surface area contributed by atoms with Crippen LogP contribution in [0.2, 0.25) is 0 Å². The minimum atomic E-state index is -4.00. The second kappa shape index (κ2) is 23.0. The second-order valence-corrected chi connectivity index (χ2v) is 13.6. The van der Waals surface area contributed by atoms with Crippen LogP contribution in [-0.2, 0) is 14.9 Å². The standard InChI is InChI=1S/C32H49NO5.C6H6O3S/c1-3-4-5-6-7-8-9-10-11-12-13-14-15-16-21-33-22-19-26(20-23-34)24-30(33)28-18-17-27(31(35)36)25-29(28)32(37)38-2;7-10(8,9)6-4-2-1-3-5-6/h17-19,24-25,34H,3-16,20-23H2,1-2H3,(H,35,36);1-5H,(H,7,8,9). The number of aliphatic hydroxyl groups excluding tert-OH is 1. The number of hydrogen-bond acceptors (Lipinski definition) is 7. The molecule has 2 aromatic carbocycles. The fourth-order valence-electron chi connectivity index (χ4n) is 5.68. The molecule has 0 atom stereocenters. The van der Waals surface area contributed by atoms with Crippen molar-refractivity contribution in [3.63, 3.8) is 0 Å². The average Bonchev–Trinajstić information content (AvgIpc) is 3.08. The smallest absolute Gasteiger partial charge is 0.338 e.